The van der Waals surface area contributed by atoms with Crippen LogP contribution in [0.25, 0.3) is 5.65 Å². The molecular formula is C15H16N4S2. The smallest absolute Gasteiger partial charge is 0.156 e. The molecule has 3 heterocycles. The second-order valence-corrected chi connectivity index (χ2v) is 7.40. The van der Waals surface area contributed by atoms with E-state index in [2.05, 4.69) is 38.4 Å². The van der Waals surface area contributed by atoms with Gasteiger partial charge in [-0.25, -0.2) is 9.97 Å². The van der Waals surface area contributed by atoms with Gasteiger partial charge in [-0.1, -0.05) is 6.07 Å². The number of thiazole rings is 1. The highest BCUT2D eigenvalue weighted by Crippen LogP contribution is 2.33. The second kappa shape index (κ2) is 5.44. The first-order valence-corrected chi connectivity index (χ1v) is 8.78. The highest BCUT2D eigenvalue weighted by molar-refractivity contribution is 8.01. The van der Waals surface area contributed by atoms with Crippen LogP contribution >= 0.6 is 23.1 Å². The van der Waals surface area contributed by atoms with Crippen LogP contribution < -0.4 is 5.32 Å². The van der Waals surface area contributed by atoms with Gasteiger partial charge in [0.15, 0.2) is 4.34 Å². The van der Waals surface area contributed by atoms with Gasteiger partial charge in [0.1, 0.15) is 10.7 Å². The molecule has 0 amide bonds. The molecule has 0 bridgehead atoms. The Morgan fingerprint density at radius 1 is 1.38 bits per heavy atom. The van der Waals surface area contributed by atoms with Gasteiger partial charge in [0.25, 0.3) is 0 Å². The Labute approximate surface area is 131 Å². The van der Waals surface area contributed by atoms with E-state index in [-0.39, 0.29) is 0 Å². The van der Waals surface area contributed by atoms with E-state index < -0.39 is 0 Å². The predicted molar refractivity (Wildman–Crippen MR) is 86.0 cm³/mol. The summed E-state index contributed by atoms with van der Waals surface area (Å²) in [5.41, 5.74) is 3.31. The predicted octanol–water partition coefficient (Wildman–Crippen LogP) is 3.50. The Kier molecular flexibility index (Phi) is 3.45. The van der Waals surface area contributed by atoms with Crippen molar-refractivity contribution < 1.29 is 0 Å². The van der Waals surface area contributed by atoms with E-state index in [0.29, 0.717) is 6.04 Å². The van der Waals surface area contributed by atoms with Crippen LogP contribution in [-0.4, -0.2) is 20.4 Å². The van der Waals surface area contributed by atoms with Gasteiger partial charge in [0, 0.05) is 29.9 Å². The van der Waals surface area contributed by atoms with Gasteiger partial charge < -0.3 is 9.72 Å². The van der Waals surface area contributed by atoms with Gasteiger partial charge >= 0.3 is 0 Å². The Bertz CT molecular complexity index is 773. The topological polar surface area (TPSA) is 42.2 Å². The number of hydrogen-bond donors (Lipinski definition) is 1. The first-order valence-electron chi connectivity index (χ1n) is 7.09. The number of nitrogens with zero attached hydrogens (tertiary/aromatic N) is 3. The lowest BCUT2D eigenvalue weighted by molar-refractivity contribution is 0.661. The lowest BCUT2D eigenvalue weighted by Gasteiger charge is -2.05. The molecule has 21 heavy (non-hydrogen) atoms. The van der Waals surface area contributed by atoms with E-state index in [1.807, 2.05) is 13.0 Å². The Balaban J connectivity index is 1.69. The molecule has 1 aliphatic carbocycles. The van der Waals surface area contributed by atoms with Crippen LogP contribution in [0.4, 0.5) is 0 Å². The summed E-state index contributed by atoms with van der Waals surface area (Å²) >= 11 is 3.35. The van der Waals surface area contributed by atoms with Crippen LogP contribution in [0, 0.1) is 6.92 Å². The minimum atomic E-state index is 0.694. The van der Waals surface area contributed by atoms with Crippen LogP contribution in [0.5, 0.6) is 0 Å². The number of aryl methyl sites for hydroxylation is 1. The van der Waals surface area contributed by atoms with Crippen LogP contribution in [0.2, 0.25) is 0 Å². The Morgan fingerprint density at radius 2 is 2.29 bits per heavy atom. The third-order valence-corrected chi connectivity index (χ3v) is 5.59. The zero-order valence-corrected chi connectivity index (χ0v) is 13.4. The first kappa shape index (κ1) is 13.3. The summed E-state index contributed by atoms with van der Waals surface area (Å²) in [7, 11) is 0. The Morgan fingerprint density at radius 3 is 3.05 bits per heavy atom. The maximum Gasteiger partial charge on any atom is 0.156 e. The second-order valence-electron chi connectivity index (χ2n) is 5.30. The monoisotopic (exact) mass is 316 g/mol. The zero-order valence-electron chi connectivity index (χ0n) is 11.7. The first-order chi connectivity index (χ1) is 10.3. The van der Waals surface area contributed by atoms with Crippen molar-refractivity contribution in [1.82, 2.24) is 19.7 Å². The van der Waals surface area contributed by atoms with Crippen molar-refractivity contribution >= 4 is 28.7 Å². The van der Waals surface area contributed by atoms with Crippen molar-refractivity contribution in [2.24, 2.45) is 0 Å². The molecule has 3 aromatic rings. The van der Waals surface area contributed by atoms with E-state index in [1.54, 1.807) is 23.1 Å². The van der Waals surface area contributed by atoms with Crippen LogP contribution in [0.1, 0.15) is 24.2 Å². The SMILES string of the molecule is Cc1csc(Sc2nc3ccccn3c2CNC2CC2)n1. The van der Waals surface area contributed by atoms with E-state index in [4.69, 9.17) is 4.98 Å². The third-order valence-electron chi connectivity index (χ3n) is 3.51. The fourth-order valence-electron chi connectivity index (χ4n) is 2.26. The molecule has 1 N–H and O–H groups in total. The lowest BCUT2D eigenvalue weighted by Crippen LogP contribution is -2.17. The summed E-state index contributed by atoms with van der Waals surface area (Å²) in [5, 5.41) is 6.73. The molecular weight excluding hydrogens is 300 g/mol. The molecule has 0 spiro atoms. The van der Waals surface area contributed by atoms with Gasteiger partial charge in [-0.2, -0.15) is 0 Å². The molecule has 4 nitrogen and oxygen atoms in total. The minimum Gasteiger partial charge on any atom is -0.308 e. The van der Waals surface area contributed by atoms with E-state index >= 15 is 0 Å². The van der Waals surface area contributed by atoms with Gasteiger partial charge in [0.2, 0.25) is 0 Å². The molecule has 0 aliphatic heterocycles. The van der Waals surface area contributed by atoms with Gasteiger partial charge in [-0.15, -0.1) is 11.3 Å². The van der Waals surface area contributed by atoms with Crippen molar-refractivity contribution in [1.29, 1.82) is 0 Å². The van der Waals surface area contributed by atoms with Crippen molar-refractivity contribution in [2.75, 3.05) is 0 Å². The fourth-order valence-corrected chi connectivity index (χ4v) is 4.13. The van der Waals surface area contributed by atoms with Crippen molar-refractivity contribution in [3.8, 4) is 0 Å². The molecule has 1 saturated carbocycles. The molecule has 0 radical (unpaired) electrons. The maximum absolute atomic E-state index is 4.77. The molecule has 0 aromatic carbocycles. The van der Waals surface area contributed by atoms with Crippen LogP contribution in [0.15, 0.2) is 39.1 Å². The number of aromatic nitrogens is 3. The maximum atomic E-state index is 4.77. The fraction of sp³-hybridized carbons (Fsp3) is 0.333. The molecule has 108 valence electrons. The van der Waals surface area contributed by atoms with Gasteiger partial charge in [0.05, 0.1) is 5.69 Å². The normalized spacial score (nSPS) is 14.9. The molecule has 3 aromatic heterocycles. The van der Waals surface area contributed by atoms with Crippen molar-refractivity contribution in [2.45, 2.75) is 41.7 Å². The number of pyridine rings is 1. The standard InChI is InChI=1S/C15H16N4S2/c1-10-9-20-15(17-10)21-14-12(8-16-11-5-6-11)19-7-3-2-4-13(19)18-14/h2-4,7,9,11,16H,5-6,8H2,1H3. The van der Waals surface area contributed by atoms with E-state index in [9.17, 15) is 0 Å². The highest BCUT2D eigenvalue weighted by atomic mass is 32.2. The average Bonchev–Trinajstić information content (AvgIpc) is 3.13. The molecule has 0 unspecified atom stereocenters. The molecule has 1 aliphatic rings. The number of imidazole rings is 1. The molecule has 0 atom stereocenters. The number of hydrogen-bond acceptors (Lipinski definition) is 5. The van der Waals surface area contributed by atoms with Crippen LogP contribution in [0.3, 0.4) is 0 Å². The summed E-state index contributed by atoms with van der Waals surface area (Å²) in [6, 6.07) is 6.83. The molecule has 6 heteroatoms. The summed E-state index contributed by atoms with van der Waals surface area (Å²) in [6.07, 6.45) is 4.68. The average molecular weight is 316 g/mol. The minimum absolute atomic E-state index is 0.694. The quantitative estimate of drug-likeness (QED) is 0.782. The number of fused-ring (bicyclic) bond motifs is 1. The largest absolute Gasteiger partial charge is 0.308 e. The zero-order chi connectivity index (χ0) is 14.2. The van der Waals surface area contributed by atoms with Crippen molar-refractivity contribution in [3.05, 3.63) is 41.2 Å². The molecule has 1 fully saturated rings. The Hall–Kier alpha value is -1.37. The lowest BCUT2D eigenvalue weighted by atomic mass is 10.4. The summed E-state index contributed by atoms with van der Waals surface area (Å²) < 4.78 is 3.24. The number of nitrogens with one attached hydrogen (secondary N) is 1. The molecule has 0 saturated heterocycles. The highest BCUT2D eigenvalue weighted by Gasteiger charge is 2.22. The van der Waals surface area contributed by atoms with E-state index in [0.717, 1.165) is 27.3 Å². The molecule has 4 rings (SSSR count). The number of rotatable bonds is 5. The van der Waals surface area contributed by atoms with Crippen molar-refractivity contribution in [3.63, 3.8) is 0 Å². The van der Waals surface area contributed by atoms with E-state index in [1.165, 1.54) is 18.5 Å². The summed E-state index contributed by atoms with van der Waals surface area (Å²) in [6.45, 7) is 2.89. The van der Waals surface area contributed by atoms with Gasteiger partial charge in [-0.3, -0.25) is 0 Å². The summed E-state index contributed by atoms with van der Waals surface area (Å²) in [5.74, 6) is 0. The third kappa shape index (κ3) is 2.84. The van der Waals surface area contributed by atoms with Gasteiger partial charge in [-0.05, 0) is 43.7 Å². The van der Waals surface area contributed by atoms with Crippen LogP contribution in [-0.2, 0) is 6.54 Å². The summed E-state index contributed by atoms with van der Waals surface area (Å²) in [4.78, 5) is 9.30.